The number of fused-ring (bicyclic) bond motifs is 2. The number of carbonyl (C=O) groups is 3. The monoisotopic (exact) mass is 612 g/mol. The number of aromatic nitrogens is 3. The molecule has 3 amide bonds. The Balaban J connectivity index is 1.43. The zero-order valence-electron chi connectivity index (χ0n) is 26.0. The topological polar surface area (TPSA) is 121 Å². The smallest absolute Gasteiger partial charge is 0.250 e. The zero-order chi connectivity index (χ0) is 32.1. The van der Waals surface area contributed by atoms with Gasteiger partial charge in [0.05, 0.1) is 35.6 Å². The van der Waals surface area contributed by atoms with Crippen LogP contribution in [0.2, 0.25) is 0 Å². The number of ether oxygens (including phenoxy) is 1. The molecule has 0 aliphatic carbocycles. The Morgan fingerprint density at radius 1 is 1.11 bits per heavy atom. The Kier molecular flexibility index (Phi) is 7.86. The third-order valence-corrected chi connectivity index (χ3v) is 10.0. The number of rotatable bonds is 11. The average molecular weight is 613 g/mol. The summed E-state index contributed by atoms with van der Waals surface area (Å²) in [6, 6.07) is 15.0. The molecular weight excluding hydrogens is 572 g/mol. The van der Waals surface area contributed by atoms with Crippen LogP contribution in [0.4, 0.5) is 5.69 Å². The van der Waals surface area contributed by atoms with Gasteiger partial charge in [-0.2, -0.15) is 0 Å². The van der Waals surface area contributed by atoms with Crippen LogP contribution in [0.15, 0.2) is 79.9 Å². The van der Waals surface area contributed by atoms with Crippen LogP contribution >= 0.6 is 0 Å². The number of amides is 3. The summed E-state index contributed by atoms with van der Waals surface area (Å²) in [6.45, 7) is 13.5. The van der Waals surface area contributed by atoms with E-state index in [9.17, 15) is 19.5 Å². The number of aliphatic hydroxyl groups excluding tert-OH is 1. The molecule has 2 bridgehead atoms. The number of nitrogens with zero attached hydrogens (tertiary/aromatic N) is 6. The summed E-state index contributed by atoms with van der Waals surface area (Å²) in [4.78, 5) is 48.6. The molecule has 3 unspecified atom stereocenters. The Bertz CT molecular complexity index is 1640. The fraction of sp³-hybridized carbons (Fsp3) is 0.441. The first-order valence-corrected chi connectivity index (χ1v) is 15.4. The summed E-state index contributed by atoms with van der Waals surface area (Å²) >= 11 is 0. The summed E-state index contributed by atoms with van der Waals surface area (Å²) in [5, 5.41) is 18.8. The number of hydrogen-bond donors (Lipinski definition) is 1. The number of anilines is 1. The Hall–Kier alpha value is -4.35. The van der Waals surface area contributed by atoms with Gasteiger partial charge in [-0.05, 0) is 50.5 Å². The van der Waals surface area contributed by atoms with Crippen LogP contribution in [0, 0.1) is 17.8 Å². The highest BCUT2D eigenvalue weighted by Gasteiger charge is 2.80. The minimum absolute atomic E-state index is 0.0639. The summed E-state index contributed by atoms with van der Waals surface area (Å²) in [5.41, 5.74) is -0.133. The second-order valence-corrected chi connectivity index (χ2v) is 12.6. The van der Waals surface area contributed by atoms with Gasteiger partial charge >= 0.3 is 0 Å². The molecule has 6 rings (SSSR count). The van der Waals surface area contributed by atoms with E-state index in [-0.39, 0.29) is 50.0 Å². The van der Waals surface area contributed by atoms with E-state index in [0.717, 1.165) is 5.52 Å². The van der Waals surface area contributed by atoms with Crippen molar-refractivity contribution in [2.75, 3.05) is 24.6 Å². The van der Waals surface area contributed by atoms with Crippen LogP contribution < -0.4 is 4.90 Å². The molecule has 3 saturated heterocycles. The van der Waals surface area contributed by atoms with Crippen molar-refractivity contribution in [2.45, 2.75) is 57.1 Å². The summed E-state index contributed by atoms with van der Waals surface area (Å²) < 4.78 is 8.56. The second-order valence-electron chi connectivity index (χ2n) is 12.6. The largest absolute Gasteiger partial charge is 0.394 e. The van der Waals surface area contributed by atoms with E-state index < -0.39 is 35.1 Å². The van der Waals surface area contributed by atoms with Gasteiger partial charge in [0.25, 0.3) is 0 Å². The lowest BCUT2D eigenvalue weighted by atomic mass is 9.62. The average Bonchev–Trinajstić information content (AvgIpc) is 3.72. The van der Waals surface area contributed by atoms with Gasteiger partial charge in [-0.3, -0.25) is 14.4 Å². The van der Waals surface area contributed by atoms with E-state index in [2.05, 4.69) is 23.5 Å². The van der Waals surface area contributed by atoms with Gasteiger partial charge in [0.1, 0.15) is 23.8 Å². The van der Waals surface area contributed by atoms with E-state index in [1.807, 2.05) is 68.4 Å². The highest BCUT2D eigenvalue weighted by atomic mass is 16.5. The maximum Gasteiger partial charge on any atom is 0.250 e. The van der Waals surface area contributed by atoms with E-state index in [4.69, 9.17) is 4.74 Å². The summed E-state index contributed by atoms with van der Waals surface area (Å²) in [7, 11) is 0. The second kappa shape index (κ2) is 11.5. The number of para-hydroxylation sites is 2. The van der Waals surface area contributed by atoms with E-state index >= 15 is 0 Å². The summed E-state index contributed by atoms with van der Waals surface area (Å²) in [5.74, 6) is -2.88. The molecule has 7 atom stereocenters. The van der Waals surface area contributed by atoms with Crippen LogP contribution in [0.25, 0.3) is 11.0 Å². The minimum atomic E-state index is -1.27. The lowest BCUT2D eigenvalue weighted by Gasteiger charge is -2.39. The SMILES string of the molecule is C=CCN(Cn1nnc2ccccc21)C(=O)C1N([C@H](C)CO)C(=O)[C@@H]2[C@H](C(=O)N(CC=C)c3ccccc3)[C@@]3(C)OC12CC3C. The third-order valence-electron chi connectivity index (χ3n) is 10.0. The number of hydrogen-bond acceptors (Lipinski definition) is 7. The summed E-state index contributed by atoms with van der Waals surface area (Å²) in [6.07, 6.45) is 3.69. The van der Waals surface area contributed by atoms with Crippen LogP contribution in [-0.4, -0.2) is 90.6 Å². The first-order valence-electron chi connectivity index (χ1n) is 15.4. The van der Waals surface area contributed by atoms with E-state index in [1.165, 1.54) is 4.90 Å². The van der Waals surface area contributed by atoms with Crippen molar-refractivity contribution in [3.05, 3.63) is 79.9 Å². The van der Waals surface area contributed by atoms with E-state index in [1.54, 1.807) is 33.6 Å². The van der Waals surface area contributed by atoms with E-state index in [0.29, 0.717) is 17.6 Å². The molecule has 45 heavy (non-hydrogen) atoms. The first kappa shape index (κ1) is 30.7. The molecule has 0 radical (unpaired) electrons. The van der Waals surface area contributed by atoms with Gasteiger partial charge in [-0.15, -0.1) is 18.3 Å². The van der Waals surface area contributed by atoms with Gasteiger partial charge in [0.2, 0.25) is 17.7 Å². The highest BCUT2D eigenvalue weighted by Crippen LogP contribution is 2.66. The Morgan fingerprint density at radius 2 is 1.80 bits per heavy atom. The highest BCUT2D eigenvalue weighted by molar-refractivity contribution is 6.03. The quantitative estimate of drug-likeness (QED) is 0.331. The van der Waals surface area contributed by atoms with Crippen molar-refractivity contribution < 1.29 is 24.2 Å². The van der Waals surface area contributed by atoms with Gasteiger partial charge in [0, 0.05) is 18.8 Å². The van der Waals surface area contributed by atoms with Crippen LogP contribution in [0.3, 0.4) is 0 Å². The maximum atomic E-state index is 14.8. The predicted octanol–water partition coefficient (Wildman–Crippen LogP) is 3.01. The molecule has 1 N–H and O–H groups in total. The van der Waals surface area contributed by atoms with Crippen molar-refractivity contribution in [2.24, 2.45) is 17.8 Å². The standard InChI is InChI=1S/C34H40N6O5/c1-6-17-37(21-39-26-16-12-11-15-25(26)35-36-39)32(44)29-34-19-22(3)33(5,45-34)27(28(34)31(43)40(29)23(4)20-41)30(42)38(18-7-2)24-13-9-8-10-14-24/h6-16,22-23,27-29,41H,1-2,17-21H2,3-5H3/t22?,23-,27-,28+,29?,33+,34?/m1/s1. The molecule has 3 fully saturated rings. The fourth-order valence-electron chi connectivity index (χ4n) is 7.85. The van der Waals surface area contributed by atoms with Crippen molar-refractivity contribution >= 4 is 34.4 Å². The molecule has 1 aromatic heterocycles. The number of carbonyl (C=O) groups excluding carboxylic acids is 3. The Labute approximate surface area is 262 Å². The zero-order valence-corrected chi connectivity index (χ0v) is 26.0. The molecule has 2 aromatic carbocycles. The molecule has 3 aliphatic heterocycles. The molecule has 1 spiro atoms. The minimum Gasteiger partial charge on any atom is -0.394 e. The molecule has 11 nitrogen and oxygen atoms in total. The number of benzene rings is 2. The molecule has 3 aliphatic rings. The van der Waals surface area contributed by atoms with Crippen LogP contribution in [-0.2, 0) is 25.8 Å². The lowest BCUT2D eigenvalue weighted by Crippen LogP contribution is -2.58. The van der Waals surface area contributed by atoms with Gasteiger partial charge < -0.3 is 24.5 Å². The lowest BCUT2D eigenvalue weighted by molar-refractivity contribution is -0.156. The van der Waals surface area contributed by atoms with Crippen molar-refractivity contribution in [3.8, 4) is 0 Å². The van der Waals surface area contributed by atoms with Crippen molar-refractivity contribution in [1.82, 2.24) is 24.8 Å². The molecule has 0 saturated carbocycles. The molecule has 3 aromatic rings. The fourth-order valence-corrected chi connectivity index (χ4v) is 7.85. The Morgan fingerprint density at radius 3 is 2.49 bits per heavy atom. The molecule has 11 heteroatoms. The van der Waals surface area contributed by atoms with Gasteiger partial charge in [-0.1, -0.05) is 54.6 Å². The molecule has 236 valence electrons. The molecule has 4 heterocycles. The van der Waals surface area contributed by atoms with Crippen molar-refractivity contribution in [1.29, 1.82) is 0 Å². The van der Waals surface area contributed by atoms with Crippen molar-refractivity contribution in [3.63, 3.8) is 0 Å². The van der Waals surface area contributed by atoms with Gasteiger partial charge in [0.15, 0.2) is 0 Å². The number of aliphatic hydroxyl groups is 1. The molecular formula is C34H40N6O5. The first-order chi connectivity index (χ1) is 21.6. The third kappa shape index (κ3) is 4.59. The van der Waals surface area contributed by atoms with Gasteiger partial charge in [-0.25, -0.2) is 4.68 Å². The number of likely N-dealkylation sites (tertiary alicyclic amines) is 1. The van der Waals surface area contributed by atoms with Crippen LogP contribution in [0.1, 0.15) is 27.2 Å². The normalized spacial score (nSPS) is 29.1. The maximum absolute atomic E-state index is 14.8. The van der Waals surface area contributed by atoms with Crippen LogP contribution in [0.5, 0.6) is 0 Å². The predicted molar refractivity (Wildman–Crippen MR) is 169 cm³/mol.